The van der Waals surface area contributed by atoms with Gasteiger partial charge in [0.1, 0.15) is 0 Å². The maximum atomic E-state index is 13.0. The van der Waals surface area contributed by atoms with Gasteiger partial charge in [-0.3, -0.25) is 9.69 Å². The fourth-order valence-corrected chi connectivity index (χ4v) is 5.22. The fourth-order valence-electron chi connectivity index (χ4n) is 2.86. The molecular weight excluding hydrogens is 406 g/mol. The Morgan fingerprint density at radius 3 is 2.48 bits per heavy atom. The SMILES string of the molecule is Cc1ccc2nc(N(CCN(C)C)C(=O)CCS(=O)(=O)c3ccccc3)sc2c1. The minimum absolute atomic E-state index is 0.0837. The van der Waals surface area contributed by atoms with Crippen LogP contribution in [0.2, 0.25) is 0 Å². The Balaban J connectivity index is 1.81. The maximum Gasteiger partial charge on any atom is 0.229 e. The van der Waals surface area contributed by atoms with Crippen molar-refractivity contribution in [1.29, 1.82) is 0 Å². The number of carbonyl (C=O) groups excluding carboxylic acids is 1. The number of hydrogen-bond donors (Lipinski definition) is 0. The van der Waals surface area contributed by atoms with Gasteiger partial charge in [-0.1, -0.05) is 35.6 Å². The molecule has 8 heteroatoms. The average molecular weight is 432 g/mol. The molecule has 2 aromatic carbocycles. The molecule has 1 amide bonds. The first-order valence-electron chi connectivity index (χ1n) is 9.36. The van der Waals surface area contributed by atoms with Crippen LogP contribution in [0, 0.1) is 6.92 Å². The van der Waals surface area contributed by atoms with E-state index in [1.807, 2.05) is 44.1 Å². The molecule has 0 saturated heterocycles. The Morgan fingerprint density at radius 1 is 1.07 bits per heavy atom. The number of amides is 1. The molecule has 0 spiro atoms. The summed E-state index contributed by atoms with van der Waals surface area (Å²) in [6, 6.07) is 14.2. The van der Waals surface area contributed by atoms with Crippen molar-refractivity contribution in [2.24, 2.45) is 0 Å². The molecule has 1 aromatic heterocycles. The Bertz CT molecular complexity index is 1090. The highest BCUT2D eigenvalue weighted by Gasteiger charge is 2.23. The number of nitrogens with zero attached hydrogens (tertiary/aromatic N) is 3. The largest absolute Gasteiger partial charge is 0.308 e. The third-order valence-corrected chi connectivity index (χ3v) is 7.30. The first kappa shape index (κ1) is 21.4. The van der Waals surface area contributed by atoms with Crippen LogP contribution in [-0.4, -0.2) is 57.1 Å². The van der Waals surface area contributed by atoms with Crippen LogP contribution in [0.5, 0.6) is 0 Å². The van der Waals surface area contributed by atoms with Crippen molar-refractivity contribution < 1.29 is 13.2 Å². The Kier molecular flexibility index (Phi) is 6.66. The molecule has 29 heavy (non-hydrogen) atoms. The normalized spacial score (nSPS) is 11.9. The van der Waals surface area contributed by atoms with Gasteiger partial charge in [0.25, 0.3) is 0 Å². The van der Waals surface area contributed by atoms with Gasteiger partial charge in [0, 0.05) is 19.5 Å². The molecule has 0 N–H and O–H groups in total. The number of rotatable bonds is 8. The molecule has 0 fully saturated rings. The lowest BCUT2D eigenvalue weighted by Crippen LogP contribution is -2.37. The van der Waals surface area contributed by atoms with Gasteiger partial charge in [-0.2, -0.15) is 0 Å². The Hall–Kier alpha value is -2.29. The monoisotopic (exact) mass is 431 g/mol. The highest BCUT2D eigenvalue weighted by molar-refractivity contribution is 7.91. The minimum Gasteiger partial charge on any atom is -0.308 e. The van der Waals surface area contributed by atoms with Crippen LogP contribution in [0.1, 0.15) is 12.0 Å². The Morgan fingerprint density at radius 2 is 1.79 bits per heavy atom. The summed E-state index contributed by atoms with van der Waals surface area (Å²) in [4.78, 5) is 21.4. The number of fused-ring (bicyclic) bond motifs is 1. The summed E-state index contributed by atoms with van der Waals surface area (Å²) in [5.74, 6) is -0.458. The summed E-state index contributed by atoms with van der Waals surface area (Å²) in [5.41, 5.74) is 1.97. The van der Waals surface area contributed by atoms with E-state index in [1.165, 1.54) is 11.3 Å². The summed E-state index contributed by atoms with van der Waals surface area (Å²) in [7, 11) is 0.362. The molecule has 0 bridgehead atoms. The van der Waals surface area contributed by atoms with Gasteiger partial charge in [0.15, 0.2) is 15.0 Å². The van der Waals surface area contributed by atoms with E-state index in [4.69, 9.17) is 0 Å². The van der Waals surface area contributed by atoms with Gasteiger partial charge in [-0.25, -0.2) is 13.4 Å². The summed E-state index contributed by atoms with van der Waals surface area (Å²) in [6.45, 7) is 3.13. The lowest BCUT2D eigenvalue weighted by molar-refractivity contribution is -0.118. The summed E-state index contributed by atoms with van der Waals surface area (Å²) in [6.07, 6.45) is -0.0837. The molecule has 6 nitrogen and oxygen atoms in total. The second kappa shape index (κ2) is 9.02. The number of aryl methyl sites for hydroxylation is 1. The number of anilines is 1. The molecule has 0 saturated carbocycles. The van der Waals surface area contributed by atoms with E-state index in [9.17, 15) is 13.2 Å². The fraction of sp³-hybridized carbons (Fsp3) is 0.333. The number of benzene rings is 2. The van der Waals surface area contributed by atoms with Crippen LogP contribution >= 0.6 is 11.3 Å². The van der Waals surface area contributed by atoms with E-state index in [2.05, 4.69) is 4.98 Å². The van der Waals surface area contributed by atoms with Crippen LogP contribution < -0.4 is 4.90 Å². The molecule has 1 heterocycles. The lowest BCUT2D eigenvalue weighted by atomic mass is 10.2. The van der Waals surface area contributed by atoms with Crippen LogP contribution in [0.3, 0.4) is 0 Å². The minimum atomic E-state index is -3.51. The lowest BCUT2D eigenvalue weighted by Gasteiger charge is -2.22. The van der Waals surface area contributed by atoms with Crippen molar-refractivity contribution in [2.45, 2.75) is 18.2 Å². The van der Waals surface area contributed by atoms with Gasteiger partial charge < -0.3 is 4.90 Å². The van der Waals surface area contributed by atoms with E-state index in [-0.39, 0.29) is 23.0 Å². The summed E-state index contributed by atoms with van der Waals surface area (Å²) >= 11 is 1.46. The second-order valence-corrected chi connectivity index (χ2v) is 10.3. The molecule has 0 radical (unpaired) electrons. The van der Waals surface area contributed by atoms with Gasteiger partial charge in [-0.05, 0) is 50.8 Å². The topological polar surface area (TPSA) is 70.6 Å². The quantitative estimate of drug-likeness (QED) is 0.547. The van der Waals surface area contributed by atoms with Crippen molar-refractivity contribution in [2.75, 3.05) is 37.8 Å². The number of likely N-dealkylation sites (N-methyl/N-ethyl adjacent to an activating group) is 1. The van der Waals surface area contributed by atoms with Crippen molar-refractivity contribution in [1.82, 2.24) is 9.88 Å². The van der Waals surface area contributed by atoms with Crippen LogP contribution in [0.4, 0.5) is 5.13 Å². The molecule has 0 atom stereocenters. The Labute approximate surface area is 175 Å². The van der Waals surface area contributed by atoms with Crippen LogP contribution in [0.25, 0.3) is 10.2 Å². The van der Waals surface area contributed by atoms with Crippen molar-refractivity contribution in [3.05, 3.63) is 54.1 Å². The van der Waals surface area contributed by atoms with E-state index >= 15 is 0 Å². The number of hydrogen-bond acceptors (Lipinski definition) is 6. The predicted molar refractivity (Wildman–Crippen MR) is 118 cm³/mol. The van der Waals surface area contributed by atoms with Crippen LogP contribution in [0.15, 0.2) is 53.4 Å². The third kappa shape index (κ3) is 5.41. The van der Waals surface area contributed by atoms with E-state index < -0.39 is 9.84 Å². The highest BCUT2D eigenvalue weighted by atomic mass is 32.2. The summed E-state index contributed by atoms with van der Waals surface area (Å²) < 4.78 is 26.1. The zero-order chi connectivity index (χ0) is 21.0. The third-order valence-electron chi connectivity index (χ3n) is 4.52. The van der Waals surface area contributed by atoms with E-state index in [0.717, 1.165) is 15.8 Å². The maximum absolute atomic E-state index is 13.0. The molecule has 0 aliphatic rings. The molecule has 3 rings (SSSR count). The van der Waals surface area contributed by atoms with E-state index in [0.29, 0.717) is 18.2 Å². The second-order valence-electron chi connectivity index (χ2n) is 7.20. The first-order chi connectivity index (χ1) is 13.8. The van der Waals surface area contributed by atoms with Gasteiger partial charge in [0.2, 0.25) is 5.91 Å². The van der Waals surface area contributed by atoms with Crippen molar-refractivity contribution >= 4 is 42.4 Å². The number of aromatic nitrogens is 1. The standard InChI is InChI=1S/C21H25N3O3S2/c1-16-9-10-18-19(15-16)28-21(22-18)24(13-12-23(2)3)20(25)11-14-29(26,27)17-7-5-4-6-8-17/h4-10,15H,11-14H2,1-3H3. The summed E-state index contributed by atoms with van der Waals surface area (Å²) in [5, 5.41) is 0.606. The molecule has 0 aliphatic carbocycles. The van der Waals surface area contributed by atoms with Crippen molar-refractivity contribution in [3.63, 3.8) is 0 Å². The number of carbonyl (C=O) groups is 1. The first-order valence-corrected chi connectivity index (χ1v) is 11.8. The highest BCUT2D eigenvalue weighted by Crippen LogP contribution is 2.30. The molecule has 0 aliphatic heterocycles. The smallest absolute Gasteiger partial charge is 0.229 e. The number of thiazole rings is 1. The molecule has 154 valence electrons. The van der Waals surface area contributed by atoms with Crippen LogP contribution in [-0.2, 0) is 14.6 Å². The molecule has 0 unspecified atom stereocenters. The van der Waals surface area contributed by atoms with Gasteiger partial charge >= 0.3 is 0 Å². The average Bonchev–Trinajstić information content (AvgIpc) is 3.09. The van der Waals surface area contributed by atoms with Crippen molar-refractivity contribution in [3.8, 4) is 0 Å². The van der Waals surface area contributed by atoms with Gasteiger partial charge in [0.05, 0.1) is 20.9 Å². The zero-order valence-electron chi connectivity index (χ0n) is 16.8. The predicted octanol–water partition coefficient (Wildman–Crippen LogP) is 3.36. The van der Waals surface area contributed by atoms with E-state index in [1.54, 1.807) is 35.2 Å². The molecular formula is C21H25N3O3S2. The molecule has 3 aromatic rings. The van der Waals surface area contributed by atoms with Gasteiger partial charge in [-0.15, -0.1) is 0 Å². The number of sulfone groups is 1. The zero-order valence-corrected chi connectivity index (χ0v) is 18.5.